The van der Waals surface area contributed by atoms with Crippen LogP contribution in [0, 0.1) is 6.92 Å². The van der Waals surface area contributed by atoms with Crippen LogP contribution in [0.15, 0.2) is 18.2 Å². The van der Waals surface area contributed by atoms with E-state index in [4.69, 9.17) is 9.47 Å². The summed E-state index contributed by atoms with van der Waals surface area (Å²) in [6, 6.07) is 5.53. The van der Waals surface area contributed by atoms with E-state index >= 15 is 0 Å². The molecule has 0 aliphatic heterocycles. The Morgan fingerprint density at radius 2 is 2.00 bits per heavy atom. The van der Waals surface area contributed by atoms with Crippen LogP contribution in [0.3, 0.4) is 0 Å². The molecule has 0 bridgehead atoms. The summed E-state index contributed by atoms with van der Waals surface area (Å²) < 4.78 is 10.3. The molecule has 0 atom stereocenters. The fourth-order valence-electron chi connectivity index (χ4n) is 1.38. The van der Waals surface area contributed by atoms with Crippen LogP contribution in [0.1, 0.15) is 35.3 Å². The molecule has 1 rings (SSSR count). The molecular formula is C13H18O3. The summed E-state index contributed by atoms with van der Waals surface area (Å²) >= 11 is 0. The van der Waals surface area contributed by atoms with E-state index in [9.17, 15) is 4.79 Å². The first-order chi connectivity index (χ1) is 7.69. The van der Waals surface area contributed by atoms with Crippen LogP contribution in [0.4, 0.5) is 0 Å². The molecule has 0 heterocycles. The van der Waals surface area contributed by atoms with Gasteiger partial charge in [-0.3, -0.25) is 0 Å². The fourth-order valence-corrected chi connectivity index (χ4v) is 1.38. The highest BCUT2D eigenvalue weighted by atomic mass is 16.5. The average molecular weight is 222 g/mol. The highest BCUT2D eigenvalue weighted by molar-refractivity contribution is 5.89. The third-order valence-electron chi connectivity index (χ3n) is 2.32. The fraction of sp³-hybridized carbons (Fsp3) is 0.462. The van der Waals surface area contributed by atoms with Crippen molar-refractivity contribution in [2.45, 2.75) is 27.4 Å². The molecule has 1 aromatic rings. The minimum Gasteiger partial charge on any atom is -0.462 e. The molecule has 1 aromatic carbocycles. The molecule has 0 fully saturated rings. The van der Waals surface area contributed by atoms with Crippen molar-refractivity contribution in [1.82, 2.24) is 0 Å². The highest BCUT2D eigenvalue weighted by Crippen LogP contribution is 2.13. The van der Waals surface area contributed by atoms with Gasteiger partial charge in [-0.05, 0) is 44.0 Å². The van der Waals surface area contributed by atoms with Gasteiger partial charge in [0.15, 0.2) is 0 Å². The van der Waals surface area contributed by atoms with Gasteiger partial charge in [-0.1, -0.05) is 6.07 Å². The first-order valence-electron chi connectivity index (χ1n) is 5.53. The van der Waals surface area contributed by atoms with E-state index in [0.717, 1.165) is 11.1 Å². The van der Waals surface area contributed by atoms with Crippen molar-refractivity contribution in [2.75, 3.05) is 13.2 Å². The summed E-state index contributed by atoms with van der Waals surface area (Å²) in [5.41, 5.74) is 2.75. The zero-order chi connectivity index (χ0) is 12.0. The average Bonchev–Trinajstić information content (AvgIpc) is 2.28. The van der Waals surface area contributed by atoms with Crippen molar-refractivity contribution >= 4 is 5.97 Å². The van der Waals surface area contributed by atoms with Gasteiger partial charge in [0, 0.05) is 6.61 Å². The van der Waals surface area contributed by atoms with Gasteiger partial charge in [0.05, 0.1) is 18.8 Å². The number of hydrogen-bond acceptors (Lipinski definition) is 3. The third-order valence-corrected chi connectivity index (χ3v) is 2.32. The van der Waals surface area contributed by atoms with Crippen molar-refractivity contribution in [3.05, 3.63) is 34.9 Å². The molecule has 0 radical (unpaired) electrons. The summed E-state index contributed by atoms with van der Waals surface area (Å²) in [4.78, 5) is 11.5. The number of aryl methyl sites for hydroxylation is 1. The maximum absolute atomic E-state index is 11.5. The zero-order valence-electron chi connectivity index (χ0n) is 10.1. The largest absolute Gasteiger partial charge is 0.462 e. The Hall–Kier alpha value is -1.35. The smallest absolute Gasteiger partial charge is 0.338 e. The quantitative estimate of drug-likeness (QED) is 0.718. The molecule has 0 aliphatic rings. The van der Waals surface area contributed by atoms with Crippen molar-refractivity contribution in [3.63, 3.8) is 0 Å². The predicted molar refractivity (Wildman–Crippen MR) is 62.5 cm³/mol. The van der Waals surface area contributed by atoms with Gasteiger partial charge >= 0.3 is 5.97 Å². The van der Waals surface area contributed by atoms with Gasteiger partial charge in [0.25, 0.3) is 0 Å². The van der Waals surface area contributed by atoms with Gasteiger partial charge in [0.2, 0.25) is 0 Å². The van der Waals surface area contributed by atoms with E-state index < -0.39 is 0 Å². The molecule has 16 heavy (non-hydrogen) atoms. The lowest BCUT2D eigenvalue weighted by molar-refractivity contribution is 0.0526. The minimum atomic E-state index is -0.278. The topological polar surface area (TPSA) is 35.5 Å². The minimum absolute atomic E-state index is 0.278. The van der Waals surface area contributed by atoms with Crippen LogP contribution in [-0.2, 0) is 16.1 Å². The first-order valence-corrected chi connectivity index (χ1v) is 5.53. The number of rotatable bonds is 5. The second kappa shape index (κ2) is 6.28. The summed E-state index contributed by atoms with van der Waals surface area (Å²) in [6.45, 7) is 7.35. The van der Waals surface area contributed by atoms with Crippen LogP contribution >= 0.6 is 0 Å². The molecule has 0 saturated heterocycles. The maximum atomic E-state index is 11.5. The molecule has 0 saturated carbocycles. The van der Waals surface area contributed by atoms with Crippen molar-refractivity contribution in [3.8, 4) is 0 Å². The number of ether oxygens (including phenoxy) is 2. The molecular weight excluding hydrogens is 204 g/mol. The number of carbonyl (C=O) groups excluding carboxylic acids is 1. The van der Waals surface area contributed by atoms with E-state index in [0.29, 0.717) is 25.4 Å². The Bertz CT molecular complexity index is 358. The molecule has 3 heteroatoms. The summed E-state index contributed by atoms with van der Waals surface area (Å²) in [6.07, 6.45) is 0. The van der Waals surface area contributed by atoms with E-state index in [-0.39, 0.29) is 5.97 Å². The van der Waals surface area contributed by atoms with Gasteiger partial charge < -0.3 is 9.47 Å². The summed E-state index contributed by atoms with van der Waals surface area (Å²) in [7, 11) is 0. The normalized spacial score (nSPS) is 10.2. The molecule has 3 nitrogen and oxygen atoms in total. The molecule has 0 unspecified atom stereocenters. The summed E-state index contributed by atoms with van der Waals surface area (Å²) in [5, 5.41) is 0. The van der Waals surface area contributed by atoms with E-state index in [1.165, 1.54) is 0 Å². The van der Waals surface area contributed by atoms with Crippen LogP contribution in [0.5, 0.6) is 0 Å². The lowest BCUT2D eigenvalue weighted by atomic mass is 10.1. The molecule has 0 spiro atoms. The van der Waals surface area contributed by atoms with Gasteiger partial charge in [-0.15, -0.1) is 0 Å². The first kappa shape index (κ1) is 12.7. The van der Waals surface area contributed by atoms with E-state index in [1.807, 2.05) is 26.0 Å². The Morgan fingerprint density at radius 1 is 1.25 bits per heavy atom. The molecule has 0 amide bonds. The monoisotopic (exact) mass is 222 g/mol. The Labute approximate surface area is 96.4 Å². The molecule has 88 valence electrons. The van der Waals surface area contributed by atoms with Gasteiger partial charge in [-0.25, -0.2) is 4.79 Å². The molecule has 0 aromatic heterocycles. The second-order valence-electron chi connectivity index (χ2n) is 3.50. The summed E-state index contributed by atoms with van der Waals surface area (Å²) in [5.74, 6) is -0.278. The van der Waals surface area contributed by atoms with Crippen molar-refractivity contribution in [2.24, 2.45) is 0 Å². The predicted octanol–water partition coefficient (Wildman–Crippen LogP) is 2.71. The Balaban J connectivity index is 2.84. The SMILES string of the molecule is CCOCc1cc(C(=O)OCC)ccc1C. The molecule has 0 aliphatic carbocycles. The van der Waals surface area contributed by atoms with Crippen LogP contribution in [0.25, 0.3) is 0 Å². The van der Waals surface area contributed by atoms with E-state index in [1.54, 1.807) is 13.0 Å². The Morgan fingerprint density at radius 3 is 2.62 bits per heavy atom. The highest BCUT2D eigenvalue weighted by Gasteiger charge is 2.08. The standard InChI is InChI=1S/C13H18O3/c1-4-15-9-12-8-11(7-6-10(12)3)13(14)16-5-2/h6-8H,4-5,9H2,1-3H3. The van der Waals surface area contributed by atoms with Crippen LogP contribution in [0.2, 0.25) is 0 Å². The zero-order valence-corrected chi connectivity index (χ0v) is 10.1. The second-order valence-corrected chi connectivity index (χ2v) is 3.50. The number of esters is 1. The van der Waals surface area contributed by atoms with Crippen molar-refractivity contribution < 1.29 is 14.3 Å². The lowest BCUT2D eigenvalue weighted by Gasteiger charge is -2.08. The van der Waals surface area contributed by atoms with Crippen molar-refractivity contribution in [1.29, 1.82) is 0 Å². The third kappa shape index (κ3) is 3.35. The maximum Gasteiger partial charge on any atom is 0.338 e. The number of carbonyl (C=O) groups is 1. The van der Waals surface area contributed by atoms with Crippen LogP contribution in [-0.4, -0.2) is 19.2 Å². The number of hydrogen-bond donors (Lipinski definition) is 0. The van der Waals surface area contributed by atoms with E-state index in [2.05, 4.69) is 0 Å². The van der Waals surface area contributed by atoms with Gasteiger partial charge in [-0.2, -0.15) is 0 Å². The lowest BCUT2D eigenvalue weighted by Crippen LogP contribution is -2.06. The van der Waals surface area contributed by atoms with Crippen LogP contribution < -0.4 is 0 Å². The molecule has 0 N–H and O–H groups in total. The number of benzene rings is 1. The Kier molecular flexibility index (Phi) is 4.99. The van der Waals surface area contributed by atoms with Gasteiger partial charge in [0.1, 0.15) is 0 Å².